The lowest BCUT2D eigenvalue weighted by molar-refractivity contribution is 1.08. The van der Waals surface area contributed by atoms with Gasteiger partial charge in [-0.2, -0.15) is 0 Å². The van der Waals surface area contributed by atoms with E-state index in [0.717, 1.165) is 41.4 Å². The topological polar surface area (TPSA) is 76.1 Å². The molecule has 0 saturated carbocycles. The third kappa shape index (κ3) is 3.81. The first-order chi connectivity index (χ1) is 9.15. The van der Waals surface area contributed by atoms with E-state index in [2.05, 4.69) is 10.6 Å². The molecule has 4 heteroatoms. The molecule has 4 nitrogen and oxygen atoms in total. The minimum Gasteiger partial charge on any atom is -0.399 e. The maximum atomic E-state index is 5.72. The highest BCUT2D eigenvalue weighted by atomic mass is 14.9. The number of anilines is 4. The molecule has 0 aliphatic rings. The third-order valence-electron chi connectivity index (χ3n) is 2.93. The van der Waals surface area contributed by atoms with E-state index in [0.29, 0.717) is 0 Å². The lowest BCUT2D eigenvalue weighted by atomic mass is 10.2. The zero-order chi connectivity index (χ0) is 13.7. The summed E-state index contributed by atoms with van der Waals surface area (Å²) in [4.78, 5) is 0. The summed E-state index contributed by atoms with van der Waals surface area (Å²) in [5.41, 5.74) is 16.3. The van der Waals surface area contributed by atoms with Gasteiger partial charge in [0.1, 0.15) is 0 Å². The second-order valence-electron chi connectivity index (χ2n) is 4.55. The van der Waals surface area contributed by atoms with Crippen LogP contribution in [0.3, 0.4) is 0 Å². The van der Waals surface area contributed by atoms with Crippen LogP contribution in [0.15, 0.2) is 42.5 Å². The van der Waals surface area contributed by atoms with Crippen LogP contribution in [0.5, 0.6) is 0 Å². The number of nitrogen functional groups attached to an aromatic ring is 2. The standard InChI is InChI=1S/C15H20N4/c1-11-10-13(17)4-7-15(11)19-9-8-18-14-5-2-12(16)3-6-14/h2-7,10,18-19H,8-9,16-17H2,1H3. The van der Waals surface area contributed by atoms with Crippen molar-refractivity contribution in [3.05, 3.63) is 48.0 Å². The minimum absolute atomic E-state index is 0.779. The minimum atomic E-state index is 0.779. The van der Waals surface area contributed by atoms with Crippen LogP contribution in [-0.4, -0.2) is 13.1 Å². The monoisotopic (exact) mass is 256 g/mol. The van der Waals surface area contributed by atoms with E-state index < -0.39 is 0 Å². The van der Waals surface area contributed by atoms with Crippen LogP contribution in [0.4, 0.5) is 22.7 Å². The fourth-order valence-electron chi connectivity index (χ4n) is 1.89. The molecule has 0 aliphatic heterocycles. The SMILES string of the molecule is Cc1cc(N)ccc1NCCNc1ccc(N)cc1. The van der Waals surface area contributed by atoms with Crippen molar-refractivity contribution in [2.75, 3.05) is 35.2 Å². The molecule has 0 heterocycles. The Morgan fingerprint density at radius 3 is 2.16 bits per heavy atom. The Balaban J connectivity index is 1.79. The van der Waals surface area contributed by atoms with Gasteiger partial charge in [0.15, 0.2) is 0 Å². The predicted molar refractivity (Wildman–Crippen MR) is 83.4 cm³/mol. The van der Waals surface area contributed by atoms with Gasteiger partial charge in [-0.25, -0.2) is 0 Å². The Labute approximate surface area is 113 Å². The Bertz CT molecular complexity index is 534. The first kappa shape index (κ1) is 13.1. The molecule has 2 rings (SSSR count). The van der Waals surface area contributed by atoms with Crippen LogP contribution in [0, 0.1) is 6.92 Å². The second-order valence-corrected chi connectivity index (χ2v) is 4.55. The number of nitrogens with one attached hydrogen (secondary N) is 2. The lowest BCUT2D eigenvalue weighted by Crippen LogP contribution is -2.14. The Morgan fingerprint density at radius 2 is 1.47 bits per heavy atom. The van der Waals surface area contributed by atoms with E-state index in [1.165, 1.54) is 0 Å². The Morgan fingerprint density at radius 1 is 0.842 bits per heavy atom. The highest BCUT2D eigenvalue weighted by Crippen LogP contribution is 2.17. The average molecular weight is 256 g/mol. The van der Waals surface area contributed by atoms with Crippen molar-refractivity contribution in [2.45, 2.75) is 6.92 Å². The quantitative estimate of drug-likeness (QED) is 0.490. The van der Waals surface area contributed by atoms with Gasteiger partial charge in [0, 0.05) is 35.8 Å². The van der Waals surface area contributed by atoms with Gasteiger partial charge in [0.05, 0.1) is 0 Å². The average Bonchev–Trinajstić information content (AvgIpc) is 2.39. The summed E-state index contributed by atoms with van der Waals surface area (Å²) in [6, 6.07) is 13.6. The summed E-state index contributed by atoms with van der Waals surface area (Å²) in [6.45, 7) is 3.73. The van der Waals surface area contributed by atoms with Crippen LogP contribution in [0.2, 0.25) is 0 Å². The molecule has 0 atom stereocenters. The number of rotatable bonds is 5. The summed E-state index contributed by atoms with van der Waals surface area (Å²) in [5.74, 6) is 0. The first-order valence-corrected chi connectivity index (χ1v) is 6.34. The first-order valence-electron chi connectivity index (χ1n) is 6.34. The molecule has 0 saturated heterocycles. The fraction of sp³-hybridized carbons (Fsp3) is 0.200. The largest absolute Gasteiger partial charge is 0.399 e. The summed E-state index contributed by atoms with van der Waals surface area (Å²) in [7, 11) is 0. The maximum Gasteiger partial charge on any atom is 0.0372 e. The second kappa shape index (κ2) is 6.00. The van der Waals surface area contributed by atoms with E-state index in [9.17, 15) is 0 Å². The van der Waals surface area contributed by atoms with Gasteiger partial charge in [-0.3, -0.25) is 0 Å². The molecule has 0 fully saturated rings. The third-order valence-corrected chi connectivity index (χ3v) is 2.93. The number of hydrogen-bond acceptors (Lipinski definition) is 4. The van der Waals surface area contributed by atoms with Gasteiger partial charge in [0.25, 0.3) is 0 Å². The van der Waals surface area contributed by atoms with Gasteiger partial charge >= 0.3 is 0 Å². The molecule has 0 aliphatic carbocycles. The summed E-state index contributed by atoms with van der Waals surface area (Å²) in [6.07, 6.45) is 0. The molecular weight excluding hydrogens is 236 g/mol. The van der Waals surface area contributed by atoms with E-state index in [4.69, 9.17) is 11.5 Å². The van der Waals surface area contributed by atoms with Crippen molar-refractivity contribution in [3.63, 3.8) is 0 Å². The van der Waals surface area contributed by atoms with E-state index in [-0.39, 0.29) is 0 Å². The van der Waals surface area contributed by atoms with Crippen LogP contribution in [-0.2, 0) is 0 Å². The van der Waals surface area contributed by atoms with Crippen LogP contribution >= 0.6 is 0 Å². The van der Waals surface area contributed by atoms with Crippen molar-refractivity contribution in [1.29, 1.82) is 0 Å². The van der Waals surface area contributed by atoms with E-state index in [1.54, 1.807) is 0 Å². The molecule has 2 aromatic rings. The molecule has 19 heavy (non-hydrogen) atoms. The lowest BCUT2D eigenvalue weighted by Gasteiger charge is -2.11. The molecule has 0 bridgehead atoms. The molecule has 6 N–H and O–H groups in total. The van der Waals surface area contributed by atoms with Crippen LogP contribution in [0.1, 0.15) is 5.56 Å². The Kier molecular flexibility index (Phi) is 4.13. The van der Waals surface area contributed by atoms with E-state index in [1.807, 2.05) is 49.4 Å². The number of nitrogens with two attached hydrogens (primary N) is 2. The summed E-state index contributed by atoms with van der Waals surface area (Å²) < 4.78 is 0. The van der Waals surface area contributed by atoms with Crippen LogP contribution < -0.4 is 22.1 Å². The fourth-order valence-corrected chi connectivity index (χ4v) is 1.89. The number of aryl methyl sites for hydroxylation is 1. The van der Waals surface area contributed by atoms with E-state index >= 15 is 0 Å². The zero-order valence-electron chi connectivity index (χ0n) is 11.1. The summed E-state index contributed by atoms with van der Waals surface area (Å²) >= 11 is 0. The predicted octanol–water partition coefficient (Wildman–Crippen LogP) is 2.68. The maximum absolute atomic E-state index is 5.72. The van der Waals surface area contributed by atoms with Crippen molar-refractivity contribution < 1.29 is 0 Å². The smallest absolute Gasteiger partial charge is 0.0372 e. The highest BCUT2D eigenvalue weighted by Gasteiger charge is 1.97. The molecular formula is C15H20N4. The molecule has 0 aromatic heterocycles. The number of benzene rings is 2. The van der Waals surface area contributed by atoms with Crippen molar-refractivity contribution in [1.82, 2.24) is 0 Å². The molecule has 0 spiro atoms. The highest BCUT2D eigenvalue weighted by molar-refractivity contribution is 5.57. The van der Waals surface area contributed by atoms with Crippen molar-refractivity contribution in [2.24, 2.45) is 0 Å². The van der Waals surface area contributed by atoms with Gasteiger partial charge in [0.2, 0.25) is 0 Å². The Hall–Kier alpha value is -2.36. The van der Waals surface area contributed by atoms with Gasteiger partial charge in [-0.1, -0.05) is 0 Å². The normalized spacial score (nSPS) is 10.2. The zero-order valence-corrected chi connectivity index (χ0v) is 11.1. The molecule has 2 aromatic carbocycles. The molecule has 0 radical (unpaired) electrons. The molecule has 0 unspecified atom stereocenters. The summed E-state index contributed by atoms with van der Waals surface area (Å²) in [5, 5.41) is 6.71. The molecule has 0 amide bonds. The van der Waals surface area contributed by atoms with Gasteiger partial charge in [-0.05, 0) is 55.0 Å². The van der Waals surface area contributed by atoms with Gasteiger partial charge in [-0.15, -0.1) is 0 Å². The van der Waals surface area contributed by atoms with Crippen LogP contribution in [0.25, 0.3) is 0 Å². The number of hydrogen-bond donors (Lipinski definition) is 4. The van der Waals surface area contributed by atoms with Gasteiger partial charge < -0.3 is 22.1 Å². The van der Waals surface area contributed by atoms with Crippen molar-refractivity contribution in [3.8, 4) is 0 Å². The molecule has 100 valence electrons. The van der Waals surface area contributed by atoms with Crippen molar-refractivity contribution >= 4 is 22.7 Å².